The van der Waals surface area contributed by atoms with Crippen LogP contribution in [0, 0.1) is 13.8 Å². The number of anilines is 6. The van der Waals surface area contributed by atoms with Crippen LogP contribution in [0.3, 0.4) is 0 Å². The van der Waals surface area contributed by atoms with E-state index in [4.69, 9.17) is 4.42 Å². The van der Waals surface area contributed by atoms with Crippen molar-refractivity contribution in [1.82, 2.24) is 0 Å². The van der Waals surface area contributed by atoms with Gasteiger partial charge in [-0.15, -0.1) is 0 Å². The zero-order valence-electron chi connectivity index (χ0n) is 37.7. The first-order chi connectivity index (χ1) is 29.7. The van der Waals surface area contributed by atoms with Crippen molar-refractivity contribution in [2.24, 2.45) is 0 Å². The van der Waals surface area contributed by atoms with Gasteiger partial charge in [0.1, 0.15) is 5.58 Å². The Labute approximate surface area is 368 Å². The quantitative estimate of drug-likeness (QED) is 0.165. The molecule has 306 valence electrons. The first-order valence-corrected chi connectivity index (χ1v) is 22.5. The summed E-state index contributed by atoms with van der Waals surface area (Å²) in [6, 6.07) is 54.8. The van der Waals surface area contributed by atoms with Crippen LogP contribution in [0.5, 0.6) is 0 Å². The Morgan fingerprint density at radius 1 is 0.532 bits per heavy atom. The molecule has 0 N–H and O–H groups in total. The summed E-state index contributed by atoms with van der Waals surface area (Å²) in [7, 11) is 0. The monoisotopic (exact) mass is 806 g/mol. The lowest BCUT2D eigenvalue weighted by Gasteiger charge is -2.46. The number of rotatable bonds is 4. The predicted octanol–water partition coefficient (Wildman–Crippen LogP) is 14.1. The largest absolute Gasteiger partial charge is 0.468 e. The lowest BCUT2D eigenvalue weighted by Crippen LogP contribution is -2.61. The first kappa shape index (κ1) is 38.7. The molecular formula is C58H55BN2O. The molecule has 0 spiro atoms. The topological polar surface area (TPSA) is 19.6 Å². The van der Waals surface area contributed by atoms with E-state index < -0.39 is 0 Å². The molecule has 0 fully saturated rings. The van der Waals surface area contributed by atoms with Gasteiger partial charge in [0.25, 0.3) is 6.71 Å². The van der Waals surface area contributed by atoms with Crippen molar-refractivity contribution in [2.75, 3.05) is 9.80 Å². The van der Waals surface area contributed by atoms with Crippen LogP contribution in [0.1, 0.15) is 89.1 Å². The van der Waals surface area contributed by atoms with Crippen molar-refractivity contribution in [1.29, 1.82) is 0 Å². The first-order valence-electron chi connectivity index (χ1n) is 22.5. The van der Waals surface area contributed by atoms with Gasteiger partial charge >= 0.3 is 0 Å². The Kier molecular flexibility index (Phi) is 8.49. The second kappa shape index (κ2) is 13.6. The van der Waals surface area contributed by atoms with E-state index in [1.54, 1.807) is 0 Å². The average Bonchev–Trinajstić information content (AvgIpc) is 3.63. The number of fused-ring (bicyclic) bond motifs is 7. The number of benzene rings is 7. The second-order valence-corrected chi connectivity index (χ2v) is 20.7. The normalized spacial score (nSPS) is 15.9. The molecule has 7 aromatic carbocycles. The SMILES string of the molecule is Cc1cc2c3c(c1)N(c1cc(-c4ccccc4)cc(-c4ccccc4)c1)c1c(oc4ccc(C)cc14)B3c1cc3c(cc1N2c1ccc(C(C)(C)C)cc1)C(C)(C)CCC3(C)C. The summed E-state index contributed by atoms with van der Waals surface area (Å²) in [5.41, 5.74) is 23.2. The lowest BCUT2D eigenvalue weighted by molar-refractivity contribution is 0.332. The molecule has 0 bridgehead atoms. The molecule has 62 heavy (non-hydrogen) atoms. The zero-order valence-corrected chi connectivity index (χ0v) is 37.7. The molecular weight excluding hydrogens is 751 g/mol. The molecule has 2 aliphatic heterocycles. The highest BCUT2D eigenvalue weighted by atomic mass is 16.3. The van der Waals surface area contributed by atoms with Gasteiger partial charge in [-0.05, 0) is 159 Å². The molecule has 0 saturated heterocycles. The van der Waals surface area contributed by atoms with Gasteiger partial charge in [-0.2, -0.15) is 0 Å². The fourth-order valence-corrected chi connectivity index (χ4v) is 10.8. The Morgan fingerprint density at radius 3 is 1.71 bits per heavy atom. The van der Waals surface area contributed by atoms with Gasteiger partial charge in [0.2, 0.25) is 0 Å². The molecule has 0 atom stereocenters. The van der Waals surface area contributed by atoms with E-state index in [9.17, 15) is 0 Å². The minimum atomic E-state index is -0.114. The maximum absolute atomic E-state index is 7.33. The number of furan rings is 1. The van der Waals surface area contributed by atoms with Crippen LogP contribution in [0.15, 0.2) is 150 Å². The highest BCUT2D eigenvalue weighted by Crippen LogP contribution is 2.52. The summed E-state index contributed by atoms with van der Waals surface area (Å²) in [6.45, 7) is 21.0. The van der Waals surface area contributed by atoms with Crippen LogP contribution in [-0.4, -0.2) is 6.71 Å². The van der Waals surface area contributed by atoms with Crippen molar-refractivity contribution in [3.8, 4) is 22.3 Å². The van der Waals surface area contributed by atoms with E-state index >= 15 is 0 Å². The fourth-order valence-electron chi connectivity index (χ4n) is 10.8. The van der Waals surface area contributed by atoms with E-state index in [1.807, 2.05) is 0 Å². The maximum Gasteiger partial charge on any atom is 0.297 e. The summed E-state index contributed by atoms with van der Waals surface area (Å²) in [6.07, 6.45) is 2.31. The molecule has 3 heterocycles. The summed E-state index contributed by atoms with van der Waals surface area (Å²) < 4.78 is 7.33. The van der Waals surface area contributed by atoms with Gasteiger partial charge < -0.3 is 14.2 Å². The number of hydrogen-bond acceptors (Lipinski definition) is 3. The molecule has 1 aromatic heterocycles. The summed E-state index contributed by atoms with van der Waals surface area (Å²) in [5.74, 6) is 0. The standard InChI is InChI=1S/C58H55BN2O/c1-36-20-25-52-45(28-36)54-55(62-52)59-48-34-46-47(58(8,9)27-26-57(46,6)7)35-49(48)60(43-23-21-42(22-24-43)56(3,4)5)50-29-37(2)30-51(53(50)59)61(54)44-32-40(38-16-12-10-13-17-38)31-41(33-44)39-18-14-11-15-19-39/h10-25,28-35H,26-27H2,1-9H3. The molecule has 11 rings (SSSR count). The minimum Gasteiger partial charge on any atom is -0.468 e. The molecule has 1 aliphatic carbocycles. The Balaban J connectivity index is 1.26. The van der Waals surface area contributed by atoms with Crippen molar-refractivity contribution in [3.63, 3.8) is 0 Å². The number of hydrogen-bond donors (Lipinski definition) is 0. The fraction of sp³-hybridized carbons (Fsp3) is 0.241. The van der Waals surface area contributed by atoms with Gasteiger partial charge in [0.05, 0.1) is 11.3 Å². The van der Waals surface area contributed by atoms with E-state index in [0.717, 1.165) is 40.8 Å². The van der Waals surface area contributed by atoms with Crippen molar-refractivity contribution in [3.05, 3.63) is 173 Å². The highest BCUT2D eigenvalue weighted by molar-refractivity contribution is 7.00. The van der Waals surface area contributed by atoms with Crippen molar-refractivity contribution < 1.29 is 4.42 Å². The van der Waals surface area contributed by atoms with Crippen LogP contribution in [0.2, 0.25) is 0 Å². The Morgan fingerprint density at radius 2 is 1.11 bits per heavy atom. The smallest absolute Gasteiger partial charge is 0.297 e. The number of nitrogens with zero attached hydrogens (tertiary/aromatic N) is 2. The predicted molar refractivity (Wildman–Crippen MR) is 265 cm³/mol. The van der Waals surface area contributed by atoms with Gasteiger partial charge in [0, 0.05) is 33.8 Å². The summed E-state index contributed by atoms with van der Waals surface area (Å²) >= 11 is 0. The van der Waals surface area contributed by atoms with E-state index in [2.05, 4.69) is 218 Å². The van der Waals surface area contributed by atoms with Crippen LogP contribution < -0.4 is 26.4 Å². The summed E-state index contributed by atoms with van der Waals surface area (Å²) in [5, 5.41) is 1.14. The number of aryl methyl sites for hydroxylation is 2. The van der Waals surface area contributed by atoms with E-state index in [-0.39, 0.29) is 23.0 Å². The average molecular weight is 807 g/mol. The highest BCUT2D eigenvalue weighted by Gasteiger charge is 2.49. The zero-order chi connectivity index (χ0) is 42.9. The molecule has 0 radical (unpaired) electrons. The Bertz CT molecular complexity index is 3020. The molecule has 3 aliphatic rings. The van der Waals surface area contributed by atoms with Gasteiger partial charge in [0.15, 0.2) is 0 Å². The molecule has 0 saturated carbocycles. The molecule has 8 aromatic rings. The second-order valence-electron chi connectivity index (χ2n) is 20.7. The third-order valence-corrected chi connectivity index (χ3v) is 14.3. The lowest BCUT2D eigenvalue weighted by atomic mass is 9.35. The van der Waals surface area contributed by atoms with Crippen LogP contribution in [-0.2, 0) is 16.2 Å². The molecule has 0 unspecified atom stereocenters. The third-order valence-electron chi connectivity index (χ3n) is 14.3. The van der Waals surface area contributed by atoms with Gasteiger partial charge in [-0.25, -0.2) is 0 Å². The minimum absolute atomic E-state index is 0.0374. The van der Waals surface area contributed by atoms with E-state index in [0.29, 0.717) is 0 Å². The van der Waals surface area contributed by atoms with Gasteiger partial charge in [-0.3, -0.25) is 0 Å². The van der Waals surface area contributed by atoms with Crippen LogP contribution >= 0.6 is 0 Å². The van der Waals surface area contributed by atoms with Gasteiger partial charge in [-0.1, -0.05) is 139 Å². The molecule has 3 nitrogen and oxygen atoms in total. The molecule has 0 amide bonds. The van der Waals surface area contributed by atoms with E-state index in [1.165, 1.54) is 83.7 Å². The Hall–Kier alpha value is -6.26. The van der Waals surface area contributed by atoms with Crippen molar-refractivity contribution >= 4 is 68.4 Å². The summed E-state index contributed by atoms with van der Waals surface area (Å²) in [4.78, 5) is 5.12. The third kappa shape index (κ3) is 6.01. The van der Waals surface area contributed by atoms with Crippen LogP contribution in [0.4, 0.5) is 34.1 Å². The maximum atomic E-state index is 7.33. The van der Waals surface area contributed by atoms with Crippen molar-refractivity contribution in [2.45, 2.75) is 91.4 Å². The van der Waals surface area contributed by atoms with Crippen LogP contribution in [0.25, 0.3) is 33.2 Å². The molecule has 4 heteroatoms.